The maximum Gasteiger partial charge on any atom is 0.253 e. The van der Waals surface area contributed by atoms with Crippen LogP contribution in [0.2, 0.25) is 5.02 Å². The summed E-state index contributed by atoms with van der Waals surface area (Å²) in [5.41, 5.74) is 1.05. The highest BCUT2D eigenvalue weighted by atomic mass is 35.5. The summed E-state index contributed by atoms with van der Waals surface area (Å²) in [7, 11) is 1.53. The molecular formula is C14H12ClFN2O2. The van der Waals surface area contributed by atoms with E-state index in [4.69, 9.17) is 16.3 Å². The van der Waals surface area contributed by atoms with Gasteiger partial charge in [0.25, 0.3) is 5.91 Å². The summed E-state index contributed by atoms with van der Waals surface area (Å²) in [6.07, 6.45) is 1.60. The lowest BCUT2D eigenvalue weighted by molar-refractivity contribution is 0.0951. The molecule has 1 heterocycles. The minimum Gasteiger partial charge on any atom is -0.481 e. The summed E-state index contributed by atoms with van der Waals surface area (Å²) in [6.45, 7) is 0.295. The smallest absolute Gasteiger partial charge is 0.253 e. The van der Waals surface area contributed by atoms with Gasteiger partial charge in [-0.05, 0) is 23.8 Å². The molecule has 1 amide bonds. The highest BCUT2D eigenvalue weighted by molar-refractivity contribution is 6.33. The first-order chi connectivity index (χ1) is 9.60. The molecule has 0 aliphatic carbocycles. The van der Waals surface area contributed by atoms with Crippen LogP contribution >= 0.6 is 11.6 Å². The maximum absolute atomic E-state index is 12.9. The molecular weight excluding hydrogens is 283 g/mol. The minimum absolute atomic E-state index is 0.0790. The fourth-order valence-electron chi connectivity index (χ4n) is 1.59. The molecule has 0 atom stereocenters. The molecule has 2 rings (SSSR count). The Labute approximate surface area is 120 Å². The quantitative estimate of drug-likeness (QED) is 0.943. The van der Waals surface area contributed by atoms with Crippen LogP contribution in [0.15, 0.2) is 36.5 Å². The first kappa shape index (κ1) is 14.3. The Bertz CT molecular complexity index is 617. The van der Waals surface area contributed by atoms with Gasteiger partial charge in [-0.25, -0.2) is 9.37 Å². The van der Waals surface area contributed by atoms with Crippen LogP contribution in [0.4, 0.5) is 4.39 Å². The van der Waals surface area contributed by atoms with Crippen molar-refractivity contribution < 1.29 is 13.9 Å². The zero-order chi connectivity index (χ0) is 14.5. The molecule has 1 aromatic heterocycles. The summed E-state index contributed by atoms with van der Waals surface area (Å²) in [4.78, 5) is 15.9. The van der Waals surface area contributed by atoms with Crippen molar-refractivity contribution in [2.24, 2.45) is 0 Å². The Hall–Kier alpha value is -2.14. The number of hydrogen-bond donors (Lipinski definition) is 1. The number of hydrogen-bond acceptors (Lipinski definition) is 3. The van der Waals surface area contributed by atoms with E-state index < -0.39 is 5.82 Å². The van der Waals surface area contributed by atoms with Crippen molar-refractivity contribution in [3.8, 4) is 5.88 Å². The number of amides is 1. The number of nitrogens with one attached hydrogen (secondary N) is 1. The summed E-state index contributed by atoms with van der Waals surface area (Å²) < 4.78 is 17.8. The largest absolute Gasteiger partial charge is 0.481 e. The lowest BCUT2D eigenvalue weighted by atomic mass is 10.2. The number of benzene rings is 1. The molecule has 0 fully saturated rings. The van der Waals surface area contributed by atoms with Gasteiger partial charge in [0.2, 0.25) is 5.88 Å². The van der Waals surface area contributed by atoms with Crippen LogP contribution in [-0.2, 0) is 6.54 Å². The Morgan fingerprint density at radius 3 is 2.80 bits per heavy atom. The molecule has 2 aromatic rings. The second-order valence-corrected chi connectivity index (χ2v) is 4.42. The van der Waals surface area contributed by atoms with Crippen LogP contribution in [0, 0.1) is 5.82 Å². The third-order valence-corrected chi connectivity index (χ3v) is 2.95. The second kappa shape index (κ2) is 6.34. The Morgan fingerprint density at radius 2 is 2.20 bits per heavy atom. The SMILES string of the molecule is COc1ccc(CNC(=O)c2ccc(F)cc2Cl)cn1. The van der Waals surface area contributed by atoms with Crippen molar-refractivity contribution in [1.29, 1.82) is 0 Å². The number of carbonyl (C=O) groups excluding carboxylic acids is 1. The third-order valence-electron chi connectivity index (χ3n) is 2.64. The Morgan fingerprint density at radius 1 is 1.40 bits per heavy atom. The van der Waals surface area contributed by atoms with Gasteiger partial charge >= 0.3 is 0 Å². The van der Waals surface area contributed by atoms with E-state index in [0.29, 0.717) is 12.4 Å². The number of methoxy groups -OCH3 is 1. The number of ether oxygens (including phenoxy) is 1. The van der Waals surface area contributed by atoms with E-state index in [0.717, 1.165) is 11.6 Å². The summed E-state index contributed by atoms with van der Waals surface area (Å²) in [6, 6.07) is 7.13. The number of pyridine rings is 1. The molecule has 1 aromatic carbocycles. The molecule has 1 N–H and O–H groups in total. The fraction of sp³-hybridized carbons (Fsp3) is 0.143. The number of nitrogens with zero attached hydrogens (tertiary/aromatic N) is 1. The first-order valence-electron chi connectivity index (χ1n) is 5.82. The average Bonchev–Trinajstić information content (AvgIpc) is 2.45. The lowest BCUT2D eigenvalue weighted by Gasteiger charge is -2.07. The molecule has 0 radical (unpaired) electrons. The van der Waals surface area contributed by atoms with Crippen LogP contribution in [0.3, 0.4) is 0 Å². The molecule has 0 aliphatic rings. The van der Waals surface area contributed by atoms with E-state index in [-0.39, 0.29) is 16.5 Å². The number of halogens is 2. The van der Waals surface area contributed by atoms with E-state index in [1.165, 1.54) is 19.2 Å². The molecule has 0 spiro atoms. The number of rotatable bonds is 4. The normalized spacial score (nSPS) is 10.2. The van der Waals surface area contributed by atoms with Crippen LogP contribution in [0.5, 0.6) is 5.88 Å². The highest BCUT2D eigenvalue weighted by Gasteiger charge is 2.10. The lowest BCUT2D eigenvalue weighted by Crippen LogP contribution is -2.23. The predicted octanol–water partition coefficient (Wildman–Crippen LogP) is 2.81. The van der Waals surface area contributed by atoms with E-state index in [2.05, 4.69) is 10.3 Å². The molecule has 0 unspecified atom stereocenters. The van der Waals surface area contributed by atoms with Gasteiger partial charge in [0.05, 0.1) is 17.7 Å². The van der Waals surface area contributed by atoms with Gasteiger partial charge < -0.3 is 10.1 Å². The van der Waals surface area contributed by atoms with Crippen molar-refractivity contribution in [3.05, 3.63) is 58.5 Å². The van der Waals surface area contributed by atoms with Gasteiger partial charge in [-0.1, -0.05) is 17.7 Å². The summed E-state index contributed by atoms with van der Waals surface area (Å²) in [5, 5.41) is 2.77. The van der Waals surface area contributed by atoms with E-state index in [9.17, 15) is 9.18 Å². The molecule has 0 bridgehead atoms. The summed E-state index contributed by atoms with van der Waals surface area (Å²) in [5.74, 6) is -0.349. The van der Waals surface area contributed by atoms with Gasteiger partial charge in [-0.3, -0.25) is 4.79 Å². The second-order valence-electron chi connectivity index (χ2n) is 4.02. The van der Waals surface area contributed by atoms with E-state index in [1.807, 2.05) is 0 Å². The number of aromatic nitrogens is 1. The van der Waals surface area contributed by atoms with Crippen molar-refractivity contribution in [3.63, 3.8) is 0 Å². The first-order valence-corrected chi connectivity index (χ1v) is 6.20. The van der Waals surface area contributed by atoms with Crippen molar-refractivity contribution in [2.45, 2.75) is 6.54 Å². The monoisotopic (exact) mass is 294 g/mol. The van der Waals surface area contributed by atoms with Crippen molar-refractivity contribution in [2.75, 3.05) is 7.11 Å². The van der Waals surface area contributed by atoms with Gasteiger partial charge in [0.15, 0.2) is 0 Å². The van der Waals surface area contributed by atoms with Crippen molar-refractivity contribution >= 4 is 17.5 Å². The van der Waals surface area contributed by atoms with E-state index >= 15 is 0 Å². The molecule has 104 valence electrons. The minimum atomic E-state index is -0.481. The Balaban J connectivity index is 2.00. The van der Waals surface area contributed by atoms with Gasteiger partial charge in [-0.15, -0.1) is 0 Å². The molecule has 0 saturated heterocycles. The summed E-state index contributed by atoms with van der Waals surface area (Å²) >= 11 is 5.82. The molecule has 0 aliphatic heterocycles. The Kier molecular flexibility index (Phi) is 4.53. The molecule has 20 heavy (non-hydrogen) atoms. The van der Waals surface area contributed by atoms with Gasteiger partial charge in [-0.2, -0.15) is 0 Å². The third kappa shape index (κ3) is 3.45. The van der Waals surface area contributed by atoms with Gasteiger partial charge in [0, 0.05) is 18.8 Å². The van der Waals surface area contributed by atoms with Crippen molar-refractivity contribution in [1.82, 2.24) is 10.3 Å². The van der Waals surface area contributed by atoms with Crippen LogP contribution in [0.25, 0.3) is 0 Å². The molecule has 4 nitrogen and oxygen atoms in total. The topological polar surface area (TPSA) is 51.2 Å². The fourth-order valence-corrected chi connectivity index (χ4v) is 1.84. The van der Waals surface area contributed by atoms with E-state index in [1.54, 1.807) is 18.3 Å². The highest BCUT2D eigenvalue weighted by Crippen LogP contribution is 2.17. The molecule has 0 saturated carbocycles. The van der Waals surface area contributed by atoms with Gasteiger partial charge in [0.1, 0.15) is 5.82 Å². The van der Waals surface area contributed by atoms with Crippen LogP contribution in [-0.4, -0.2) is 18.0 Å². The number of carbonyl (C=O) groups is 1. The van der Waals surface area contributed by atoms with Crippen LogP contribution in [0.1, 0.15) is 15.9 Å². The maximum atomic E-state index is 12.9. The predicted molar refractivity (Wildman–Crippen MR) is 73.4 cm³/mol. The zero-order valence-corrected chi connectivity index (χ0v) is 11.4. The standard InChI is InChI=1S/C14H12ClFN2O2/c1-20-13-5-2-9(7-17-13)8-18-14(19)11-4-3-10(16)6-12(11)15/h2-7H,8H2,1H3,(H,18,19). The zero-order valence-electron chi connectivity index (χ0n) is 10.7. The van der Waals surface area contributed by atoms with Crippen LogP contribution < -0.4 is 10.1 Å². The average molecular weight is 295 g/mol. The molecule has 6 heteroatoms.